The van der Waals surface area contributed by atoms with E-state index in [9.17, 15) is 30.3 Å². The number of nitrogens with zero attached hydrogens (tertiary/aromatic N) is 1. The van der Waals surface area contributed by atoms with Crippen LogP contribution in [0.3, 0.4) is 0 Å². The number of rotatable bonds is 6. The van der Waals surface area contributed by atoms with Gasteiger partial charge >= 0.3 is 0 Å². The Morgan fingerprint density at radius 3 is 2.43 bits per heavy atom. The van der Waals surface area contributed by atoms with Crippen LogP contribution in [0.4, 0.5) is 0 Å². The van der Waals surface area contributed by atoms with Crippen molar-refractivity contribution in [3.63, 3.8) is 0 Å². The number of hydrogen-bond acceptors (Lipinski definition) is 9. The number of phenols is 1. The third-order valence-corrected chi connectivity index (χ3v) is 4.51. The van der Waals surface area contributed by atoms with Crippen molar-refractivity contribution in [1.82, 2.24) is 5.43 Å². The number of carbonyl (C=O) groups is 1. The smallest absolute Gasteiger partial charge is 0.275 e. The molecule has 5 atom stereocenters. The molecule has 0 bridgehead atoms. The predicted molar refractivity (Wildman–Crippen MR) is 104 cm³/mol. The Kier molecular flexibility index (Phi) is 6.98. The summed E-state index contributed by atoms with van der Waals surface area (Å²) in [7, 11) is 0. The normalized spacial score (nSPS) is 26.5. The van der Waals surface area contributed by atoms with Gasteiger partial charge in [0.15, 0.2) is 0 Å². The van der Waals surface area contributed by atoms with Crippen LogP contribution in [0.15, 0.2) is 53.6 Å². The van der Waals surface area contributed by atoms with Gasteiger partial charge in [-0.25, -0.2) is 5.43 Å². The van der Waals surface area contributed by atoms with Gasteiger partial charge in [0.05, 0.1) is 18.4 Å². The molecule has 0 aromatic heterocycles. The number of aromatic hydroxyl groups is 1. The summed E-state index contributed by atoms with van der Waals surface area (Å²) in [6, 6.07) is 12.4. The third-order valence-electron chi connectivity index (χ3n) is 4.51. The number of carbonyl (C=O) groups excluding carboxylic acids is 1. The molecule has 0 unspecified atom stereocenters. The summed E-state index contributed by atoms with van der Waals surface area (Å²) in [6.07, 6.45) is -5.45. The van der Waals surface area contributed by atoms with Gasteiger partial charge in [-0.15, -0.1) is 0 Å². The highest BCUT2D eigenvalue weighted by Gasteiger charge is 2.44. The third kappa shape index (κ3) is 4.93. The first-order valence-corrected chi connectivity index (χ1v) is 9.09. The lowest BCUT2D eigenvalue weighted by molar-refractivity contribution is -0.277. The molecule has 2 aromatic carbocycles. The number of ether oxygens (including phenoxy) is 2. The number of benzene rings is 2. The molecule has 10 heteroatoms. The van der Waals surface area contributed by atoms with Gasteiger partial charge in [0.1, 0.15) is 35.9 Å². The van der Waals surface area contributed by atoms with Gasteiger partial charge < -0.3 is 35.0 Å². The van der Waals surface area contributed by atoms with Crippen LogP contribution in [0.25, 0.3) is 0 Å². The maximum atomic E-state index is 12.0. The Balaban J connectivity index is 1.58. The largest absolute Gasteiger partial charge is 0.507 e. The number of hydrogen-bond donors (Lipinski definition) is 6. The number of phenolic OH excluding ortho intramolecular Hbond substituents is 1. The molecule has 0 saturated carbocycles. The van der Waals surface area contributed by atoms with E-state index < -0.39 is 43.2 Å². The fraction of sp³-hybridized carbons (Fsp3) is 0.300. The van der Waals surface area contributed by atoms with Crippen LogP contribution in [0.2, 0.25) is 0 Å². The summed E-state index contributed by atoms with van der Waals surface area (Å²) in [5.41, 5.74) is 3.02. The number of aliphatic hydroxyl groups excluding tert-OH is 4. The van der Waals surface area contributed by atoms with E-state index in [2.05, 4.69) is 10.5 Å². The van der Waals surface area contributed by atoms with Crippen LogP contribution in [0.1, 0.15) is 15.9 Å². The molecule has 2 aromatic rings. The molecule has 1 saturated heterocycles. The number of para-hydroxylation sites is 1. The van der Waals surface area contributed by atoms with Crippen molar-refractivity contribution < 1.29 is 39.8 Å². The molecule has 0 spiro atoms. The molecular formula is C20H22N2O8. The molecule has 3 rings (SSSR count). The van der Waals surface area contributed by atoms with Crippen LogP contribution in [0.5, 0.6) is 11.5 Å². The Bertz CT molecular complexity index is 887. The molecule has 0 aliphatic carbocycles. The van der Waals surface area contributed by atoms with Crippen molar-refractivity contribution >= 4 is 12.1 Å². The van der Waals surface area contributed by atoms with E-state index in [4.69, 9.17) is 9.47 Å². The summed E-state index contributed by atoms with van der Waals surface area (Å²) in [4.78, 5) is 12.0. The van der Waals surface area contributed by atoms with Crippen molar-refractivity contribution in [3.8, 4) is 11.5 Å². The Hall–Kier alpha value is -3.02. The van der Waals surface area contributed by atoms with E-state index in [0.717, 1.165) is 0 Å². The summed E-state index contributed by atoms with van der Waals surface area (Å²) in [6.45, 7) is -0.549. The fourth-order valence-corrected chi connectivity index (χ4v) is 2.82. The molecule has 10 nitrogen and oxygen atoms in total. The second kappa shape index (κ2) is 9.65. The van der Waals surface area contributed by atoms with Crippen LogP contribution in [-0.4, -0.2) is 75.0 Å². The molecule has 1 aliphatic rings. The molecule has 1 fully saturated rings. The van der Waals surface area contributed by atoms with Crippen molar-refractivity contribution in [2.24, 2.45) is 5.10 Å². The van der Waals surface area contributed by atoms with E-state index in [1.54, 1.807) is 36.4 Å². The van der Waals surface area contributed by atoms with Gasteiger partial charge in [0, 0.05) is 0 Å². The van der Waals surface area contributed by atoms with Crippen molar-refractivity contribution in [2.45, 2.75) is 30.7 Å². The lowest BCUT2D eigenvalue weighted by atomic mass is 9.99. The molecule has 0 radical (unpaired) electrons. The quantitative estimate of drug-likeness (QED) is 0.266. The van der Waals surface area contributed by atoms with E-state index in [0.29, 0.717) is 11.3 Å². The average Bonchev–Trinajstić information content (AvgIpc) is 2.75. The first-order valence-electron chi connectivity index (χ1n) is 9.09. The maximum absolute atomic E-state index is 12.0. The SMILES string of the molecule is O=C(NN=Cc1ccc(O[C@@H]2O[C@H](CO)[C@@H](O)[C@H](O)[C@H]2O)cc1)c1ccccc1O. The zero-order chi connectivity index (χ0) is 21.7. The van der Waals surface area contributed by atoms with Gasteiger partial charge in [-0.1, -0.05) is 12.1 Å². The lowest BCUT2D eigenvalue weighted by Crippen LogP contribution is -2.60. The van der Waals surface area contributed by atoms with Crippen molar-refractivity contribution in [2.75, 3.05) is 6.61 Å². The highest BCUT2D eigenvalue weighted by molar-refractivity contribution is 5.97. The first-order chi connectivity index (χ1) is 14.4. The van der Waals surface area contributed by atoms with E-state index in [1.165, 1.54) is 18.3 Å². The summed E-state index contributed by atoms with van der Waals surface area (Å²) >= 11 is 0. The number of nitrogens with one attached hydrogen (secondary N) is 1. The molecule has 1 heterocycles. The summed E-state index contributed by atoms with van der Waals surface area (Å²) < 4.78 is 10.8. The highest BCUT2D eigenvalue weighted by atomic mass is 16.7. The summed E-state index contributed by atoms with van der Waals surface area (Å²) in [5.74, 6) is -0.415. The van der Waals surface area contributed by atoms with Crippen molar-refractivity contribution in [1.29, 1.82) is 0 Å². The molecule has 30 heavy (non-hydrogen) atoms. The average molecular weight is 418 g/mol. The van der Waals surface area contributed by atoms with Gasteiger partial charge in [0.25, 0.3) is 5.91 Å². The van der Waals surface area contributed by atoms with E-state index in [-0.39, 0.29) is 11.3 Å². The topological polar surface area (TPSA) is 161 Å². The predicted octanol–water partition coefficient (Wildman–Crippen LogP) is -0.665. The monoisotopic (exact) mass is 418 g/mol. The van der Waals surface area contributed by atoms with Crippen LogP contribution in [0, 0.1) is 0 Å². The van der Waals surface area contributed by atoms with Gasteiger partial charge in [0.2, 0.25) is 6.29 Å². The molecule has 1 aliphatic heterocycles. The van der Waals surface area contributed by atoms with E-state index >= 15 is 0 Å². The zero-order valence-corrected chi connectivity index (χ0v) is 15.7. The molecule has 1 amide bonds. The highest BCUT2D eigenvalue weighted by Crippen LogP contribution is 2.24. The van der Waals surface area contributed by atoms with E-state index in [1.807, 2.05) is 0 Å². The molecular weight excluding hydrogens is 396 g/mol. The summed E-state index contributed by atoms with van der Waals surface area (Å²) in [5, 5.41) is 52.2. The first kappa shape index (κ1) is 21.7. The molecule has 160 valence electrons. The second-order valence-corrected chi connectivity index (χ2v) is 6.60. The number of aliphatic hydroxyl groups is 4. The Morgan fingerprint density at radius 1 is 1.07 bits per heavy atom. The minimum atomic E-state index is -1.53. The molecule has 6 N–H and O–H groups in total. The van der Waals surface area contributed by atoms with Crippen molar-refractivity contribution in [3.05, 3.63) is 59.7 Å². The van der Waals surface area contributed by atoms with Gasteiger partial charge in [-0.05, 0) is 42.0 Å². The minimum Gasteiger partial charge on any atom is -0.507 e. The van der Waals surface area contributed by atoms with Crippen LogP contribution >= 0.6 is 0 Å². The number of amides is 1. The van der Waals surface area contributed by atoms with Gasteiger partial charge in [-0.3, -0.25) is 4.79 Å². The standard InChI is InChI=1S/C20H22N2O8/c23-10-15-16(25)17(26)18(27)20(30-15)29-12-7-5-11(6-8-12)9-21-22-19(28)13-3-1-2-4-14(13)24/h1-9,15-18,20,23-27H,10H2,(H,22,28)/t15-,16-,17+,18-,20-/m1/s1. The Labute approximate surface area is 171 Å². The van der Waals surface area contributed by atoms with Gasteiger partial charge in [-0.2, -0.15) is 5.10 Å². The zero-order valence-electron chi connectivity index (χ0n) is 15.7. The van der Waals surface area contributed by atoms with Crippen LogP contribution in [-0.2, 0) is 4.74 Å². The fourth-order valence-electron chi connectivity index (χ4n) is 2.82. The lowest BCUT2D eigenvalue weighted by Gasteiger charge is -2.39. The minimum absolute atomic E-state index is 0.0953. The number of hydrazone groups is 1. The second-order valence-electron chi connectivity index (χ2n) is 6.60. The maximum Gasteiger partial charge on any atom is 0.275 e. The Morgan fingerprint density at radius 2 is 1.77 bits per heavy atom. The van der Waals surface area contributed by atoms with Crippen LogP contribution < -0.4 is 10.2 Å².